The fraction of sp³-hybridized carbons (Fsp3) is 1.00. The van der Waals surface area contributed by atoms with Crippen LogP contribution < -0.4 is 5.32 Å². The molecule has 2 nitrogen and oxygen atoms in total. The highest BCUT2D eigenvalue weighted by Gasteiger charge is 2.37. The van der Waals surface area contributed by atoms with Crippen molar-refractivity contribution in [2.45, 2.75) is 44.6 Å². The second-order valence-electron chi connectivity index (χ2n) is 5.74. The molecule has 2 saturated heterocycles. The Kier molecular flexibility index (Phi) is 2.98. The maximum atomic E-state index is 3.47. The van der Waals surface area contributed by atoms with Crippen LogP contribution in [-0.4, -0.2) is 37.1 Å². The summed E-state index contributed by atoms with van der Waals surface area (Å²) in [6.07, 6.45) is 8.83. The highest BCUT2D eigenvalue weighted by molar-refractivity contribution is 4.92. The van der Waals surface area contributed by atoms with Crippen LogP contribution in [0, 0.1) is 11.8 Å². The summed E-state index contributed by atoms with van der Waals surface area (Å²) < 4.78 is 0. The van der Waals surface area contributed by atoms with Gasteiger partial charge in [-0.2, -0.15) is 0 Å². The summed E-state index contributed by atoms with van der Waals surface area (Å²) in [5.74, 6) is 2.07. The van der Waals surface area contributed by atoms with Gasteiger partial charge in [0.1, 0.15) is 0 Å². The van der Waals surface area contributed by atoms with Gasteiger partial charge in [-0.3, -0.25) is 4.90 Å². The normalized spacial score (nSPS) is 38.4. The molecular weight excluding hydrogens is 184 g/mol. The van der Waals surface area contributed by atoms with Gasteiger partial charge in [0.25, 0.3) is 0 Å². The van der Waals surface area contributed by atoms with Crippen LogP contribution in [0.2, 0.25) is 0 Å². The van der Waals surface area contributed by atoms with E-state index < -0.39 is 0 Å². The van der Waals surface area contributed by atoms with Gasteiger partial charge in [0.15, 0.2) is 0 Å². The number of rotatable bonds is 2. The number of hydrogen-bond donors (Lipinski definition) is 1. The molecule has 0 bridgehead atoms. The quantitative estimate of drug-likeness (QED) is 0.745. The summed E-state index contributed by atoms with van der Waals surface area (Å²) in [5.41, 5.74) is 0. The average molecular weight is 208 g/mol. The molecule has 2 atom stereocenters. The van der Waals surface area contributed by atoms with Crippen LogP contribution in [0.25, 0.3) is 0 Å². The van der Waals surface area contributed by atoms with Crippen molar-refractivity contribution >= 4 is 0 Å². The van der Waals surface area contributed by atoms with Crippen LogP contribution in [0.1, 0.15) is 38.5 Å². The first-order valence-electron chi connectivity index (χ1n) is 6.88. The first-order chi connectivity index (χ1) is 7.43. The zero-order chi connectivity index (χ0) is 10.1. The molecule has 2 unspecified atom stereocenters. The van der Waals surface area contributed by atoms with E-state index in [9.17, 15) is 0 Å². The van der Waals surface area contributed by atoms with E-state index in [-0.39, 0.29) is 0 Å². The number of likely N-dealkylation sites (tertiary alicyclic amines) is 1. The molecule has 0 amide bonds. The standard InChI is InChI=1S/C13H24N2/c1-2-12-6-9-15(13(12)3-1)10-11-4-7-14-8-5-11/h11-14H,1-10H2. The predicted molar refractivity (Wildman–Crippen MR) is 62.9 cm³/mol. The number of nitrogens with one attached hydrogen (secondary N) is 1. The third-order valence-corrected chi connectivity index (χ3v) is 4.83. The Morgan fingerprint density at radius 3 is 2.73 bits per heavy atom. The summed E-state index contributed by atoms with van der Waals surface area (Å²) in [5, 5.41) is 3.47. The van der Waals surface area contributed by atoms with Crippen molar-refractivity contribution in [3.63, 3.8) is 0 Å². The molecule has 15 heavy (non-hydrogen) atoms. The Morgan fingerprint density at radius 2 is 1.87 bits per heavy atom. The first kappa shape index (κ1) is 10.1. The molecule has 1 N–H and O–H groups in total. The van der Waals surface area contributed by atoms with Gasteiger partial charge in [-0.1, -0.05) is 6.42 Å². The van der Waals surface area contributed by atoms with Crippen LogP contribution in [0.5, 0.6) is 0 Å². The summed E-state index contributed by atoms with van der Waals surface area (Å²) in [4.78, 5) is 2.83. The molecule has 1 saturated carbocycles. The fourth-order valence-electron chi connectivity index (χ4n) is 3.95. The molecule has 3 fully saturated rings. The minimum Gasteiger partial charge on any atom is -0.317 e. The van der Waals surface area contributed by atoms with Gasteiger partial charge in [0, 0.05) is 12.6 Å². The van der Waals surface area contributed by atoms with E-state index in [0.717, 1.165) is 17.9 Å². The highest BCUT2D eigenvalue weighted by Crippen LogP contribution is 2.38. The van der Waals surface area contributed by atoms with Crippen molar-refractivity contribution < 1.29 is 0 Å². The lowest BCUT2D eigenvalue weighted by Crippen LogP contribution is -2.38. The lowest BCUT2D eigenvalue weighted by atomic mass is 9.97. The van der Waals surface area contributed by atoms with Gasteiger partial charge in [-0.25, -0.2) is 0 Å². The molecule has 2 aliphatic heterocycles. The minimum atomic E-state index is 0.986. The molecule has 3 aliphatic rings. The Bertz CT molecular complexity index is 211. The van der Waals surface area contributed by atoms with E-state index >= 15 is 0 Å². The van der Waals surface area contributed by atoms with Crippen molar-refractivity contribution in [2.24, 2.45) is 11.8 Å². The largest absolute Gasteiger partial charge is 0.317 e. The molecule has 0 aromatic heterocycles. The Balaban J connectivity index is 1.54. The van der Waals surface area contributed by atoms with E-state index in [1.807, 2.05) is 0 Å². The molecular formula is C13H24N2. The summed E-state index contributed by atoms with van der Waals surface area (Å²) in [6, 6.07) is 0.986. The summed E-state index contributed by atoms with van der Waals surface area (Å²) in [7, 11) is 0. The zero-order valence-electron chi connectivity index (χ0n) is 9.75. The maximum Gasteiger partial charge on any atom is 0.0124 e. The second-order valence-corrected chi connectivity index (χ2v) is 5.74. The van der Waals surface area contributed by atoms with Crippen molar-refractivity contribution in [3.05, 3.63) is 0 Å². The number of hydrogen-bond acceptors (Lipinski definition) is 2. The molecule has 86 valence electrons. The monoisotopic (exact) mass is 208 g/mol. The van der Waals surface area contributed by atoms with Gasteiger partial charge in [-0.05, 0) is 63.6 Å². The van der Waals surface area contributed by atoms with Crippen molar-refractivity contribution in [1.29, 1.82) is 0 Å². The van der Waals surface area contributed by atoms with Crippen molar-refractivity contribution in [2.75, 3.05) is 26.2 Å². The van der Waals surface area contributed by atoms with E-state index in [1.54, 1.807) is 0 Å². The second kappa shape index (κ2) is 4.42. The highest BCUT2D eigenvalue weighted by atomic mass is 15.2. The van der Waals surface area contributed by atoms with Crippen LogP contribution in [0.4, 0.5) is 0 Å². The maximum absolute atomic E-state index is 3.47. The fourth-order valence-corrected chi connectivity index (χ4v) is 3.95. The average Bonchev–Trinajstić information content (AvgIpc) is 2.85. The summed E-state index contributed by atoms with van der Waals surface area (Å²) in [6.45, 7) is 5.32. The number of fused-ring (bicyclic) bond motifs is 1. The molecule has 0 radical (unpaired) electrons. The topological polar surface area (TPSA) is 15.3 Å². The van der Waals surface area contributed by atoms with E-state index in [0.29, 0.717) is 0 Å². The van der Waals surface area contributed by atoms with Crippen LogP contribution >= 0.6 is 0 Å². The molecule has 0 spiro atoms. The van der Waals surface area contributed by atoms with Gasteiger partial charge < -0.3 is 5.32 Å². The van der Waals surface area contributed by atoms with Crippen molar-refractivity contribution in [1.82, 2.24) is 10.2 Å². The predicted octanol–water partition coefficient (Wildman–Crippen LogP) is 1.86. The van der Waals surface area contributed by atoms with E-state index in [2.05, 4.69) is 10.2 Å². The zero-order valence-corrected chi connectivity index (χ0v) is 9.75. The molecule has 2 heterocycles. The van der Waals surface area contributed by atoms with Gasteiger partial charge >= 0.3 is 0 Å². The molecule has 0 aromatic carbocycles. The minimum absolute atomic E-state index is 0.986. The molecule has 1 aliphatic carbocycles. The van der Waals surface area contributed by atoms with Gasteiger partial charge in [-0.15, -0.1) is 0 Å². The van der Waals surface area contributed by atoms with E-state index in [1.165, 1.54) is 64.7 Å². The van der Waals surface area contributed by atoms with E-state index in [4.69, 9.17) is 0 Å². The molecule has 0 aromatic rings. The Hall–Kier alpha value is -0.0800. The third kappa shape index (κ3) is 2.07. The van der Waals surface area contributed by atoms with Gasteiger partial charge in [0.2, 0.25) is 0 Å². The van der Waals surface area contributed by atoms with Crippen LogP contribution in [0.3, 0.4) is 0 Å². The van der Waals surface area contributed by atoms with Crippen LogP contribution in [-0.2, 0) is 0 Å². The Labute approximate surface area is 93.4 Å². The lowest BCUT2D eigenvalue weighted by Gasteiger charge is -2.30. The summed E-state index contributed by atoms with van der Waals surface area (Å²) >= 11 is 0. The van der Waals surface area contributed by atoms with Gasteiger partial charge in [0.05, 0.1) is 0 Å². The van der Waals surface area contributed by atoms with Crippen LogP contribution in [0.15, 0.2) is 0 Å². The Morgan fingerprint density at radius 1 is 1.00 bits per heavy atom. The number of nitrogens with zero attached hydrogens (tertiary/aromatic N) is 1. The SMILES string of the molecule is C1CC2CCN(CC3CCNCC3)C2C1. The molecule has 3 rings (SSSR count). The third-order valence-electron chi connectivity index (χ3n) is 4.83. The smallest absolute Gasteiger partial charge is 0.0124 e. The lowest BCUT2D eigenvalue weighted by molar-refractivity contribution is 0.184. The first-order valence-corrected chi connectivity index (χ1v) is 6.88. The molecule has 2 heteroatoms. The number of piperidine rings is 1. The van der Waals surface area contributed by atoms with Crippen molar-refractivity contribution in [3.8, 4) is 0 Å².